The summed E-state index contributed by atoms with van der Waals surface area (Å²) in [6.45, 7) is 3.89. The molecule has 0 saturated heterocycles. The summed E-state index contributed by atoms with van der Waals surface area (Å²) in [4.78, 5) is 13.2. The predicted molar refractivity (Wildman–Crippen MR) is 75.8 cm³/mol. The lowest BCUT2D eigenvalue weighted by atomic mass is 9.98. The quantitative estimate of drug-likeness (QED) is 0.666. The third-order valence-electron chi connectivity index (χ3n) is 3.05. The lowest BCUT2D eigenvalue weighted by molar-refractivity contribution is 0.893. The average molecular weight is 247 g/mol. The van der Waals surface area contributed by atoms with Gasteiger partial charge in [-0.05, 0) is 17.7 Å². The van der Waals surface area contributed by atoms with Crippen LogP contribution in [0, 0.1) is 0 Å². The van der Waals surface area contributed by atoms with Crippen LogP contribution in [0.1, 0.15) is 17.3 Å². The second kappa shape index (κ2) is 4.98. The van der Waals surface area contributed by atoms with E-state index in [9.17, 15) is 0 Å². The normalized spacial score (nSPS) is 12.2. The van der Waals surface area contributed by atoms with Crippen molar-refractivity contribution in [2.75, 3.05) is 0 Å². The highest BCUT2D eigenvalue weighted by molar-refractivity contribution is 5.73. The summed E-state index contributed by atoms with van der Waals surface area (Å²) >= 11 is 0. The predicted octanol–water partition coefficient (Wildman–Crippen LogP) is 3.34. The fraction of sp³-hybridized carbons (Fsp3) is 0.0625. The fourth-order valence-electron chi connectivity index (χ4n) is 2.08. The van der Waals surface area contributed by atoms with Crippen LogP contribution in [-0.2, 0) is 0 Å². The first-order valence-electron chi connectivity index (χ1n) is 6.13. The minimum absolute atomic E-state index is 0.00685. The second-order valence-corrected chi connectivity index (χ2v) is 4.27. The topological polar surface area (TPSA) is 38.7 Å². The number of benzene rings is 1. The fourth-order valence-corrected chi connectivity index (χ4v) is 2.08. The van der Waals surface area contributed by atoms with E-state index < -0.39 is 0 Å². The zero-order chi connectivity index (χ0) is 13.1. The number of rotatable bonds is 3. The molecule has 0 spiro atoms. The van der Waals surface area contributed by atoms with Gasteiger partial charge < -0.3 is 0 Å². The molecule has 0 aliphatic heterocycles. The van der Waals surface area contributed by atoms with Crippen LogP contribution in [0.2, 0.25) is 0 Å². The molecule has 0 aliphatic carbocycles. The van der Waals surface area contributed by atoms with Crippen LogP contribution in [-0.4, -0.2) is 15.0 Å². The van der Waals surface area contributed by atoms with E-state index in [2.05, 4.69) is 33.7 Å². The zero-order valence-corrected chi connectivity index (χ0v) is 10.4. The van der Waals surface area contributed by atoms with Gasteiger partial charge in [-0.3, -0.25) is 0 Å². The molecule has 0 N–H and O–H groups in total. The van der Waals surface area contributed by atoms with Gasteiger partial charge in [0.25, 0.3) is 0 Å². The van der Waals surface area contributed by atoms with Crippen molar-refractivity contribution in [2.24, 2.45) is 0 Å². The van der Waals surface area contributed by atoms with Crippen molar-refractivity contribution in [1.29, 1.82) is 0 Å². The van der Waals surface area contributed by atoms with Crippen LogP contribution in [0.25, 0.3) is 11.0 Å². The standard InChI is InChI=1S/C16H13N3/c1-2-14(12-7-4-3-5-8-12)16-18-11-13-9-6-10-17-15(13)19-16/h2-11,14H,1H2. The molecular formula is C16H13N3. The maximum Gasteiger partial charge on any atom is 0.162 e. The molecule has 92 valence electrons. The Morgan fingerprint density at radius 2 is 1.84 bits per heavy atom. The SMILES string of the molecule is C=CC(c1ccccc1)c1ncc2cccnc2n1. The average Bonchev–Trinajstić information content (AvgIpc) is 2.49. The molecule has 0 saturated carbocycles. The molecule has 0 radical (unpaired) electrons. The van der Waals surface area contributed by atoms with Crippen molar-refractivity contribution in [3.05, 3.63) is 78.9 Å². The van der Waals surface area contributed by atoms with Gasteiger partial charge in [-0.2, -0.15) is 0 Å². The molecule has 3 heteroatoms. The molecule has 0 amide bonds. The summed E-state index contributed by atoms with van der Waals surface area (Å²) in [5.41, 5.74) is 1.85. The summed E-state index contributed by atoms with van der Waals surface area (Å²) < 4.78 is 0. The first-order valence-corrected chi connectivity index (χ1v) is 6.13. The van der Waals surface area contributed by atoms with E-state index in [1.54, 1.807) is 6.20 Å². The van der Waals surface area contributed by atoms with Crippen molar-refractivity contribution in [1.82, 2.24) is 15.0 Å². The van der Waals surface area contributed by atoms with E-state index >= 15 is 0 Å². The van der Waals surface area contributed by atoms with E-state index in [1.807, 2.05) is 42.6 Å². The minimum Gasteiger partial charge on any atom is -0.240 e. The lowest BCUT2D eigenvalue weighted by Gasteiger charge is -2.11. The van der Waals surface area contributed by atoms with Crippen molar-refractivity contribution in [3.8, 4) is 0 Å². The molecule has 1 unspecified atom stereocenters. The molecule has 2 heterocycles. The third kappa shape index (κ3) is 2.22. The smallest absolute Gasteiger partial charge is 0.162 e. The van der Waals surface area contributed by atoms with E-state index in [0.717, 1.165) is 22.4 Å². The van der Waals surface area contributed by atoms with Crippen LogP contribution < -0.4 is 0 Å². The molecule has 3 aromatic rings. The van der Waals surface area contributed by atoms with Crippen LogP contribution in [0.5, 0.6) is 0 Å². The van der Waals surface area contributed by atoms with E-state index in [-0.39, 0.29) is 5.92 Å². The molecule has 2 aromatic heterocycles. The van der Waals surface area contributed by atoms with Crippen LogP contribution in [0.3, 0.4) is 0 Å². The highest BCUT2D eigenvalue weighted by Gasteiger charge is 2.13. The Hall–Kier alpha value is -2.55. The van der Waals surface area contributed by atoms with Crippen molar-refractivity contribution < 1.29 is 0 Å². The van der Waals surface area contributed by atoms with Gasteiger partial charge in [-0.15, -0.1) is 6.58 Å². The van der Waals surface area contributed by atoms with Crippen LogP contribution in [0.4, 0.5) is 0 Å². The number of pyridine rings is 1. The number of hydrogen-bond donors (Lipinski definition) is 0. The van der Waals surface area contributed by atoms with Gasteiger partial charge in [0.2, 0.25) is 0 Å². The Bertz CT molecular complexity index is 707. The summed E-state index contributed by atoms with van der Waals surface area (Å²) in [6.07, 6.45) is 5.41. The van der Waals surface area contributed by atoms with Crippen molar-refractivity contribution >= 4 is 11.0 Å². The van der Waals surface area contributed by atoms with Crippen LogP contribution >= 0.6 is 0 Å². The number of aromatic nitrogens is 3. The molecule has 0 aliphatic rings. The number of nitrogens with zero attached hydrogens (tertiary/aromatic N) is 3. The van der Waals surface area contributed by atoms with Crippen LogP contribution in [0.15, 0.2) is 67.5 Å². The maximum atomic E-state index is 4.53. The summed E-state index contributed by atoms with van der Waals surface area (Å²) in [6, 6.07) is 13.9. The molecule has 3 rings (SSSR count). The summed E-state index contributed by atoms with van der Waals surface area (Å²) in [5.74, 6) is 0.722. The van der Waals surface area contributed by atoms with Crippen molar-refractivity contribution in [3.63, 3.8) is 0 Å². The van der Waals surface area contributed by atoms with E-state index in [0.29, 0.717) is 0 Å². The first kappa shape index (κ1) is 11.5. The van der Waals surface area contributed by atoms with Gasteiger partial charge in [0.1, 0.15) is 5.82 Å². The maximum absolute atomic E-state index is 4.53. The molecule has 0 bridgehead atoms. The Kier molecular flexibility index (Phi) is 3.02. The Balaban J connectivity index is 2.09. The Labute approximate surface area is 111 Å². The van der Waals surface area contributed by atoms with Gasteiger partial charge in [-0.1, -0.05) is 36.4 Å². The molecule has 3 nitrogen and oxygen atoms in total. The van der Waals surface area contributed by atoms with E-state index in [4.69, 9.17) is 0 Å². The third-order valence-corrected chi connectivity index (χ3v) is 3.05. The molecule has 19 heavy (non-hydrogen) atoms. The number of fused-ring (bicyclic) bond motifs is 1. The molecule has 1 atom stereocenters. The highest BCUT2D eigenvalue weighted by Crippen LogP contribution is 2.23. The van der Waals surface area contributed by atoms with Gasteiger partial charge in [-0.25, -0.2) is 15.0 Å². The zero-order valence-electron chi connectivity index (χ0n) is 10.4. The highest BCUT2D eigenvalue weighted by atomic mass is 14.9. The second-order valence-electron chi connectivity index (χ2n) is 4.27. The van der Waals surface area contributed by atoms with Gasteiger partial charge in [0, 0.05) is 17.8 Å². The largest absolute Gasteiger partial charge is 0.240 e. The number of hydrogen-bond acceptors (Lipinski definition) is 3. The van der Waals surface area contributed by atoms with Gasteiger partial charge >= 0.3 is 0 Å². The number of allylic oxidation sites excluding steroid dienone is 1. The first-order chi connectivity index (χ1) is 9.38. The van der Waals surface area contributed by atoms with Crippen molar-refractivity contribution in [2.45, 2.75) is 5.92 Å². The monoisotopic (exact) mass is 247 g/mol. The van der Waals surface area contributed by atoms with Gasteiger partial charge in [0.05, 0.1) is 5.92 Å². The lowest BCUT2D eigenvalue weighted by Crippen LogP contribution is -2.04. The van der Waals surface area contributed by atoms with E-state index in [1.165, 1.54) is 0 Å². The molecule has 1 aromatic carbocycles. The minimum atomic E-state index is -0.00685. The molecule has 0 fully saturated rings. The summed E-state index contributed by atoms with van der Waals surface area (Å²) in [7, 11) is 0. The Morgan fingerprint density at radius 1 is 1.00 bits per heavy atom. The molecular weight excluding hydrogens is 234 g/mol. The van der Waals surface area contributed by atoms with Gasteiger partial charge in [0.15, 0.2) is 5.65 Å². The Morgan fingerprint density at radius 3 is 2.63 bits per heavy atom. The summed E-state index contributed by atoms with van der Waals surface area (Å²) in [5, 5.41) is 0.946.